The van der Waals surface area contributed by atoms with Crippen LogP contribution in [0.2, 0.25) is 0 Å². The fourth-order valence-corrected chi connectivity index (χ4v) is 3.46. The molecular formula is C19H30N2O4. The Morgan fingerprint density at radius 1 is 1.40 bits per heavy atom. The van der Waals surface area contributed by atoms with Crippen LogP contribution in [0.25, 0.3) is 0 Å². The number of amides is 1. The number of carbonyl (C=O) groups is 1. The van der Waals surface area contributed by atoms with Crippen LogP contribution in [-0.4, -0.2) is 36.9 Å². The second-order valence-corrected chi connectivity index (χ2v) is 7.66. The maximum Gasteiger partial charge on any atom is 0.407 e. The molecule has 1 aliphatic rings. The molecule has 0 aromatic carbocycles. The molecule has 6 nitrogen and oxygen atoms in total. The summed E-state index contributed by atoms with van der Waals surface area (Å²) in [6.45, 7) is 11.4. The van der Waals surface area contributed by atoms with Gasteiger partial charge in [0.2, 0.25) is 0 Å². The molecule has 140 valence electrons. The zero-order valence-electron chi connectivity index (χ0n) is 16.1. The van der Waals surface area contributed by atoms with E-state index in [0.717, 1.165) is 12.1 Å². The minimum absolute atomic E-state index is 0.164. The van der Waals surface area contributed by atoms with Crippen LogP contribution in [0.15, 0.2) is 12.3 Å². The Kier molecular flexibility index (Phi) is 6.14. The topological polar surface area (TPSA) is 69.7 Å². The first-order valence-electron chi connectivity index (χ1n) is 8.83. The van der Waals surface area contributed by atoms with Crippen LogP contribution in [0.5, 0.6) is 11.5 Å². The number of methoxy groups -OCH3 is 1. The lowest BCUT2D eigenvalue weighted by Gasteiger charge is -2.42. The van der Waals surface area contributed by atoms with Crippen molar-refractivity contribution in [1.29, 1.82) is 0 Å². The lowest BCUT2D eigenvalue weighted by atomic mass is 9.76. The minimum atomic E-state index is -0.527. The molecule has 2 atom stereocenters. The molecule has 1 amide bonds. The van der Waals surface area contributed by atoms with Crippen LogP contribution in [0.3, 0.4) is 0 Å². The second kappa shape index (κ2) is 7.93. The quantitative estimate of drug-likeness (QED) is 0.814. The maximum absolute atomic E-state index is 11.6. The van der Waals surface area contributed by atoms with Gasteiger partial charge < -0.3 is 19.5 Å². The molecule has 0 saturated carbocycles. The van der Waals surface area contributed by atoms with E-state index < -0.39 is 5.60 Å². The maximum atomic E-state index is 11.6. The Balaban J connectivity index is 2.14. The molecule has 0 radical (unpaired) electrons. The van der Waals surface area contributed by atoms with Crippen LogP contribution < -0.4 is 14.8 Å². The van der Waals surface area contributed by atoms with Gasteiger partial charge in [-0.25, -0.2) is 4.79 Å². The monoisotopic (exact) mass is 350 g/mol. The van der Waals surface area contributed by atoms with E-state index in [2.05, 4.69) is 24.1 Å². The van der Waals surface area contributed by atoms with E-state index in [-0.39, 0.29) is 17.9 Å². The summed E-state index contributed by atoms with van der Waals surface area (Å²) in [5.41, 5.74) is 0.355. The summed E-state index contributed by atoms with van der Waals surface area (Å²) in [7, 11) is 1.63. The number of cyclic esters (lactones) is 1. The third-order valence-electron chi connectivity index (χ3n) is 4.70. The largest absolute Gasteiger partial charge is 0.493 e. The molecule has 0 bridgehead atoms. The summed E-state index contributed by atoms with van der Waals surface area (Å²) in [6.07, 6.45) is 2.33. The predicted molar refractivity (Wildman–Crippen MR) is 96.0 cm³/mol. The van der Waals surface area contributed by atoms with Gasteiger partial charge in [0.05, 0.1) is 19.9 Å². The molecule has 2 heterocycles. The number of hydrogen-bond acceptors (Lipinski definition) is 5. The molecule has 1 N–H and O–H groups in total. The molecule has 1 fully saturated rings. The van der Waals surface area contributed by atoms with E-state index in [1.165, 1.54) is 0 Å². The first-order chi connectivity index (χ1) is 11.7. The Morgan fingerprint density at radius 3 is 2.72 bits per heavy atom. The molecule has 6 heteroatoms. The third kappa shape index (κ3) is 5.00. The molecule has 2 rings (SSSR count). The number of pyridine rings is 1. The Labute approximate surface area is 150 Å². The van der Waals surface area contributed by atoms with Crippen LogP contribution >= 0.6 is 0 Å². The van der Waals surface area contributed by atoms with Gasteiger partial charge in [-0.05, 0) is 33.1 Å². The molecule has 1 aromatic rings. The van der Waals surface area contributed by atoms with Crippen molar-refractivity contribution in [3.05, 3.63) is 18.0 Å². The number of nitrogens with zero attached hydrogens (tertiary/aromatic N) is 1. The number of alkyl carbamates (subject to hydrolysis) is 1. The number of nitrogens with one attached hydrogen (secondary N) is 1. The van der Waals surface area contributed by atoms with E-state index in [4.69, 9.17) is 14.2 Å². The van der Waals surface area contributed by atoms with Crippen LogP contribution in [0.4, 0.5) is 4.79 Å². The first-order valence-corrected chi connectivity index (χ1v) is 8.83. The molecular weight excluding hydrogens is 320 g/mol. The molecule has 25 heavy (non-hydrogen) atoms. The number of carbonyl (C=O) groups excluding carboxylic acids is 1. The average molecular weight is 350 g/mol. The van der Waals surface area contributed by atoms with E-state index in [9.17, 15) is 4.79 Å². The molecule has 1 aromatic heterocycles. The number of aryl methyl sites for hydroxylation is 1. The SMILES string of the molecule is COc1cc(C)ncc1OC[C@@H](CC(C)C)C1CNC(=O)OC1(C)C. The zero-order chi connectivity index (χ0) is 18.6. The highest BCUT2D eigenvalue weighted by Gasteiger charge is 2.42. The number of ether oxygens (including phenoxy) is 3. The van der Waals surface area contributed by atoms with Gasteiger partial charge in [0.25, 0.3) is 0 Å². The second-order valence-electron chi connectivity index (χ2n) is 7.66. The summed E-state index contributed by atoms with van der Waals surface area (Å²) >= 11 is 0. The van der Waals surface area contributed by atoms with Crippen LogP contribution in [0.1, 0.15) is 39.8 Å². The number of aromatic nitrogens is 1. The molecule has 0 spiro atoms. The average Bonchev–Trinajstić information content (AvgIpc) is 2.51. The zero-order valence-corrected chi connectivity index (χ0v) is 16.1. The summed E-state index contributed by atoms with van der Waals surface area (Å²) in [5, 5.41) is 2.82. The van der Waals surface area contributed by atoms with E-state index in [1.807, 2.05) is 26.8 Å². The Bertz CT molecular complexity index is 601. The van der Waals surface area contributed by atoms with Gasteiger partial charge >= 0.3 is 6.09 Å². The Hall–Kier alpha value is -1.98. The summed E-state index contributed by atoms with van der Waals surface area (Å²) in [4.78, 5) is 15.9. The fourth-order valence-electron chi connectivity index (χ4n) is 3.46. The van der Waals surface area contributed by atoms with Crippen LogP contribution in [0, 0.1) is 24.7 Å². The highest BCUT2D eigenvalue weighted by Crippen LogP contribution is 2.35. The molecule has 1 saturated heterocycles. The lowest BCUT2D eigenvalue weighted by Crippen LogP contribution is -2.54. The molecule has 1 unspecified atom stereocenters. The van der Waals surface area contributed by atoms with Gasteiger partial charge in [-0.15, -0.1) is 0 Å². The standard InChI is InChI=1S/C19H30N2O4/c1-12(2)7-14(15-9-21-18(22)25-19(15,4)5)11-24-17-10-20-13(3)8-16(17)23-6/h8,10,12,14-15H,7,9,11H2,1-6H3,(H,21,22)/t14-,15?/m1/s1. The highest BCUT2D eigenvalue weighted by molar-refractivity contribution is 5.68. The van der Waals surface area contributed by atoms with E-state index >= 15 is 0 Å². The summed E-state index contributed by atoms with van der Waals surface area (Å²) < 4.78 is 17.0. The van der Waals surface area contributed by atoms with Crippen LogP contribution in [-0.2, 0) is 4.74 Å². The van der Waals surface area contributed by atoms with Gasteiger partial charge in [-0.1, -0.05) is 13.8 Å². The van der Waals surface area contributed by atoms with Gasteiger partial charge in [0.15, 0.2) is 11.5 Å². The Morgan fingerprint density at radius 2 is 2.12 bits per heavy atom. The highest BCUT2D eigenvalue weighted by atomic mass is 16.6. The van der Waals surface area contributed by atoms with Crippen molar-refractivity contribution < 1.29 is 19.0 Å². The number of hydrogen-bond donors (Lipinski definition) is 1. The predicted octanol–water partition coefficient (Wildman–Crippen LogP) is 3.57. The van der Waals surface area contributed by atoms with Crippen molar-refractivity contribution >= 4 is 6.09 Å². The van der Waals surface area contributed by atoms with Gasteiger partial charge in [0, 0.05) is 30.1 Å². The normalized spacial score (nSPS) is 20.6. The molecule has 1 aliphatic heterocycles. The van der Waals surface area contributed by atoms with Gasteiger partial charge in [0.1, 0.15) is 5.60 Å². The minimum Gasteiger partial charge on any atom is -0.493 e. The van der Waals surface area contributed by atoms with E-state index in [0.29, 0.717) is 30.6 Å². The van der Waals surface area contributed by atoms with Crippen molar-refractivity contribution in [3.8, 4) is 11.5 Å². The van der Waals surface area contributed by atoms with Crippen molar-refractivity contribution in [2.24, 2.45) is 17.8 Å². The van der Waals surface area contributed by atoms with Crippen molar-refractivity contribution in [2.45, 2.75) is 46.6 Å². The number of rotatable bonds is 7. The molecule has 0 aliphatic carbocycles. The van der Waals surface area contributed by atoms with Crippen molar-refractivity contribution in [2.75, 3.05) is 20.3 Å². The van der Waals surface area contributed by atoms with E-state index in [1.54, 1.807) is 13.3 Å². The third-order valence-corrected chi connectivity index (χ3v) is 4.70. The first kappa shape index (κ1) is 19.3. The van der Waals surface area contributed by atoms with Crippen molar-refractivity contribution in [3.63, 3.8) is 0 Å². The van der Waals surface area contributed by atoms with Gasteiger partial charge in [-0.2, -0.15) is 0 Å². The summed E-state index contributed by atoms with van der Waals surface area (Å²) in [6, 6.07) is 1.86. The fraction of sp³-hybridized carbons (Fsp3) is 0.684. The smallest absolute Gasteiger partial charge is 0.407 e. The van der Waals surface area contributed by atoms with Gasteiger partial charge in [-0.3, -0.25) is 4.98 Å². The summed E-state index contributed by atoms with van der Waals surface area (Å²) in [5.74, 6) is 2.24. The lowest BCUT2D eigenvalue weighted by molar-refractivity contribution is -0.0585. The van der Waals surface area contributed by atoms with Crippen molar-refractivity contribution in [1.82, 2.24) is 10.3 Å².